The number of thiazole rings is 1. The molecule has 2 aliphatic heterocycles. The van der Waals surface area contributed by atoms with Crippen molar-refractivity contribution in [2.75, 3.05) is 18.6 Å². The number of ketones is 1. The summed E-state index contributed by atoms with van der Waals surface area (Å²) in [7, 11) is 1.55. The zero-order chi connectivity index (χ0) is 31.3. The van der Waals surface area contributed by atoms with Gasteiger partial charge >= 0.3 is 5.91 Å². The Morgan fingerprint density at radius 2 is 1.91 bits per heavy atom. The summed E-state index contributed by atoms with van der Waals surface area (Å²) in [6.45, 7) is 10.8. The van der Waals surface area contributed by atoms with Crippen LogP contribution in [0.3, 0.4) is 0 Å². The molecule has 4 aromatic rings. The van der Waals surface area contributed by atoms with Crippen molar-refractivity contribution >= 4 is 44.1 Å². The fourth-order valence-electron chi connectivity index (χ4n) is 5.91. The average molecular weight is 613 g/mol. The molecule has 0 aliphatic carbocycles. The van der Waals surface area contributed by atoms with Gasteiger partial charge in [0.15, 0.2) is 16.6 Å². The van der Waals surface area contributed by atoms with Crippen LogP contribution in [0.1, 0.15) is 61.1 Å². The fourth-order valence-corrected chi connectivity index (χ4v) is 7.08. The monoisotopic (exact) mass is 612 g/mol. The van der Waals surface area contributed by atoms with E-state index in [9.17, 15) is 14.7 Å². The molecule has 3 heterocycles. The van der Waals surface area contributed by atoms with E-state index in [0.29, 0.717) is 46.7 Å². The number of carbonyl (C=O) groups excluding carboxylic acids is 2. The first-order valence-corrected chi connectivity index (χ1v) is 15.7. The van der Waals surface area contributed by atoms with Crippen LogP contribution in [0.4, 0.5) is 5.13 Å². The van der Waals surface area contributed by atoms with Crippen molar-refractivity contribution in [2.24, 2.45) is 5.92 Å². The van der Waals surface area contributed by atoms with Crippen LogP contribution < -0.4 is 19.1 Å². The maximum Gasteiger partial charge on any atom is 0.301 e. The van der Waals surface area contributed by atoms with Crippen LogP contribution in [-0.2, 0) is 16.0 Å². The Morgan fingerprint density at radius 1 is 1.11 bits per heavy atom. The Balaban J connectivity index is 1.50. The summed E-state index contributed by atoms with van der Waals surface area (Å²) in [5.41, 5.74) is 4.80. The van der Waals surface area contributed by atoms with E-state index in [2.05, 4.69) is 13.8 Å². The number of carbonyl (C=O) groups is 2. The summed E-state index contributed by atoms with van der Waals surface area (Å²) in [5.74, 6) is 0.492. The maximum absolute atomic E-state index is 13.8. The molecule has 2 aliphatic rings. The van der Waals surface area contributed by atoms with Crippen LogP contribution in [0.25, 0.3) is 16.0 Å². The second kappa shape index (κ2) is 11.6. The van der Waals surface area contributed by atoms with Gasteiger partial charge in [0, 0.05) is 12.0 Å². The van der Waals surface area contributed by atoms with Crippen LogP contribution in [-0.4, -0.2) is 41.6 Å². The fraction of sp³-hybridized carbons (Fsp3) is 0.343. The number of hydrogen-bond acceptors (Lipinski definition) is 8. The molecule has 0 saturated carbocycles. The van der Waals surface area contributed by atoms with Gasteiger partial charge in [0.1, 0.15) is 17.6 Å². The van der Waals surface area contributed by atoms with Crippen molar-refractivity contribution in [2.45, 2.75) is 59.6 Å². The number of anilines is 1. The van der Waals surface area contributed by atoms with E-state index in [4.69, 9.17) is 19.2 Å². The molecule has 8 nitrogen and oxygen atoms in total. The summed E-state index contributed by atoms with van der Waals surface area (Å²) in [5, 5.41) is 12.1. The number of benzene rings is 3. The van der Waals surface area contributed by atoms with Gasteiger partial charge in [-0.25, -0.2) is 4.98 Å². The predicted octanol–water partition coefficient (Wildman–Crippen LogP) is 7.30. The largest absolute Gasteiger partial charge is 0.507 e. The first kappa shape index (κ1) is 29.7. The molecule has 0 unspecified atom stereocenters. The SMILES string of the molecule is COc1cc([C@H]2C(=C(O)c3ccc4c(c3)C[C@@H](C)O4)C(=O)C(=O)N2c2nc3c(C)cc(C)cc3s2)ccc1OCCC(C)C. The van der Waals surface area contributed by atoms with Crippen molar-refractivity contribution in [3.05, 3.63) is 81.9 Å². The van der Waals surface area contributed by atoms with E-state index in [1.807, 2.05) is 45.0 Å². The van der Waals surface area contributed by atoms with E-state index < -0.39 is 17.7 Å². The van der Waals surface area contributed by atoms with Gasteiger partial charge in [0.25, 0.3) is 5.78 Å². The molecule has 1 saturated heterocycles. The summed E-state index contributed by atoms with van der Waals surface area (Å²) in [4.78, 5) is 33.9. The molecule has 1 N–H and O–H groups in total. The zero-order valence-corrected chi connectivity index (χ0v) is 26.6. The van der Waals surface area contributed by atoms with E-state index >= 15 is 0 Å². The smallest absolute Gasteiger partial charge is 0.301 e. The number of rotatable bonds is 8. The number of hydrogen-bond donors (Lipinski definition) is 1. The Kier molecular flexibility index (Phi) is 7.84. The quantitative estimate of drug-likeness (QED) is 0.127. The Hall–Kier alpha value is -4.37. The first-order chi connectivity index (χ1) is 21.0. The lowest BCUT2D eigenvalue weighted by Gasteiger charge is -2.24. The number of methoxy groups -OCH3 is 1. The van der Waals surface area contributed by atoms with Gasteiger partial charge in [0.05, 0.1) is 35.5 Å². The summed E-state index contributed by atoms with van der Waals surface area (Å²) in [6, 6.07) is 13.8. The third-order valence-corrected chi connectivity index (χ3v) is 9.10. The highest BCUT2D eigenvalue weighted by molar-refractivity contribution is 7.22. The molecule has 0 radical (unpaired) electrons. The van der Waals surface area contributed by atoms with Crippen LogP contribution in [0.2, 0.25) is 0 Å². The minimum Gasteiger partial charge on any atom is -0.507 e. The van der Waals surface area contributed by atoms with Crippen LogP contribution in [0, 0.1) is 19.8 Å². The minimum absolute atomic E-state index is 0.00963. The normalized spacial score (nSPS) is 19.1. The van der Waals surface area contributed by atoms with Gasteiger partial charge in [-0.2, -0.15) is 0 Å². The number of aliphatic hydroxyl groups is 1. The highest BCUT2D eigenvalue weighted by atomic mass is 32.1. The average Bonchev–Trinajstić information content (AvgIpc) is 3.65. The molecule has 1 aromatic heterocycles. The summed E-state index contributed by atoms with van der Waals surface area (Å²) >= 11 is 1.35. The minimum atomic E-state index is -0.945. The molecule has 2 atom stereocenters. The van der Waals surface area contributed by atoms with Crippen molar-refractivity contribution in [1.82, 2.24) is 4.98 Å². The van der Waals surface area contributed by atoms with Gasteiger partial charge in [-0.15, -0.1) is 0 Å². The second-order valence-electron chi connectivity index (χ2n) is 12.0. The number of aromatic nitrogens is 1. The van der Waals surface area contributed by atoms with Crippen LogP contribution in [0.15, 0.2) is 54.1 Å². The van der Waals surface area contributed by atoms with Crippen molar-refractivity contribution < 1.29 is 28.9 Å². The Morgan fingerprint density at radius 3 is 2.66 bits per heavy atom. The maximum atomic E-state index is 13.8. The summed E-state index contributed by atoms with van der Waals surface area (Å²) < 4.78 is 18.5. The van der Waals surface area contributed by atoms with Gasteiger partial charge < -0.3 is 19.3 Å². The highest BCUT2D eigenvalue weighted by Gasteiger charge is 2.48. The topological polar surface area (TPSA) is 98.2 Å². The molecule has 0 spiro atoms. The second-order valence-corrected chi connectivity index (χ2v) is 13.0. The van der Waals surface area contributed by atoms with Crippen molar-refractivity contribution in [3.8, 4) is 17.2 Å². The first-order valence-electron chi connectivity index (χ1n) is 14.8. The third kappa shape index (κ3) is 5.30. The Labute approximate surface area is 260 Å². The lowest BCUT2D eigenvalue weighted by Crippen LogP contribution is -2.29. The highest BCUT2D eigenvalue weighted by Crippen LogP contribution is 2.46. The molecule has 1 fully saturated rings. The number of amides is 1. The van der Waals surface area contributed by atoms with Crippen LogP contribution >= 0.6 is 11.3 Å². The molecular weight excluding hydrogens is 576 g/mol. The van der Waals surface area contributed by atoms with Gasteiger partial charge in [0.2, 0.25) is 0 Å². The third-order valence-electron chi connectivity index (χ3n) is 8.09. The lowest BCUT2D eigenvalue weighted by atomic mass is 9.94. The molecule has 1 amide bonds. The molecule has 228 valence electrons. The van der Waals surface area contributed by atoms with Gasteiger partial charge in [-0.3, -0.25) is 14.5 Å². The van der Waals surface area contributed by atoms with E-state index in [-0.39, 0.29) is 17.4 Å². The van der Waals surface area contributed by atoms with Crippen molar-refractivity contribution in [1.29, 1.82) is 0 Å². The molecule has 3 aromatic carbocycles. The van der Waals surface area contributed by atoms with Crippen LogP contribution in [0.5, 0.6) is 17.2 Å². The number of ether oxygens (including phenoxy) is 3. The number of aryl methyl sites for hydroxylation is 2. The molecule has 6 rings (SSSR count). The molecular formula is C35H36N2O6S. The zero-order valence-electron chi connectivity index (χ0n) is 25.8. The van der Waals surface area contributed by atoms with E-state index in [1.54, 1.807) is 31.4 Å². The van der Waals surface area contributed by atoms with E-state index in [1.165, 1.54) is 16.2 Å². The Bertz CT molecular complexity index is 1820. The number of fused-ring (bicyclic) bond motifs is 2. The van der Waals surface area contributed by atoms with Gasteiger partial charge in [-0.1, -0.05) is 37.3 Å². The number of Topliss-reactive ketones (excluding diaryl/α,β-unsaturated/α-hetero) is 1. The lowest BCUT2D eigenvalue weighted by molar-refractivity contribution is -0.132. The number of nitrogens with zero attached hydrogens (tertiary/aromatic N) is 2. The standard InChI is InChI=1S/C35H36N2O6S/c1-18(2)11-12-42-26-10-7-22(17-27(26)41-6)31-29(32(38)23-8-9-25-24(16-23)15-21(5)43-25)33(39)34(40)37(31)35-36-30-20(4)13-19(3)14-28(30)44-35/h7-10,13-14,16-18,21,31,38H,11-12,15H2,1-6H3/t21-,31+/m1/s1. The summed E-state index contributed by atoms with van der Waals surface area (Å²) in [6.07, 6.45) is 1.59. The molecule has 9 heteroatoms. The van der Waals surface area contributed by atoms with E-state index in [0.717, 1.165) is 39.1 Å². The predicted molar refractivity (Wildman–Crippen MR) is 172 cm³/mol. The van der Waals surface area contributed by atoms with Crippen molar-refractivity contribution in [3.63, 3.8) is 0 Å². The molecule has 0 bridgehead atoms. The number of aliphatic hydroxyl groups excluding tert-OH is 1. The molecule has 44 heavy (non-hydrogen) atoms. The van der Waals surface area contributed by atoms with Gasteiger partial charge in [-0.05, 0) is 91.8 Å².